The van der Waals surface area contributed by atoms with Crippen LogP contribution in [0, 0.1) is 6.92 Å². The maximum atomic E-state index is 9.88. The van der Waals surface area contributed by atoms with E-state index in [0.717, 1.165) is 22.0 Å². The zero-order valence-electron chi connectivity index (χ0n) is 9.32. The highest BCUT2D eigenvalue weighted by molar-refractivity contribution is 5.84. The Hall–Kier alpha value is -1.61. The number of ether oxygens (including phenoxy) is 1. The second-order valence-electron chi connectivity index (χ2n) is 4.49. The molecule has 16 heavy (non-hydrogen) atoms. The van der Waals surface area contributed by atoms with E-state index in [4.69, 9.17) is 4.74 Å². The monoisotopic (exact) mass is 215 g/mol. The number of nitrogens with zero attached hydrogens (tertiary/aromatic N) is 1. The van der Waals surface area contributed by atoms with Gasteiger partial charge in [0, 0.05) is 24.3 Å². The minimum absolute atomic E-state index is 0.506. The van der Waals surface area contributed by atoms with E-state index in [0.29, 0.717) is 12.3 Å². The first-order valence-electron chi connectivity index (χ1n) is 5.36. The molecule has 1 unspecified atom stereocenters. The molecule has 1 aliphatic rings. The molecule has 1 aliphatic heterocycles. The van der Waals surface area contributed by atoms with Crippen molar-refractivity contribution in [2.24, 2.45) is 0 Å². The number of rotatable bonds is 0. The molecular weight excluding hydrogens is 202 g/mol. The van der Waals surface area contributed by atoms with Crippen molar-refractivity contribution in [2.45, 2.75) is 26.1 Å². The molecule has 1 N–H and O–H groups in total. The van der Waals surface area contributed by atoms with Gasteiger partial charge in [-0.2, -0.15) is 0 Å². The van der Waals surface area contributed by atoms with Crippen LogP contribution in [0.1, 0.15) is 18.1 Å². The molecule has 2 aromatic rings. The van der Waals surface area contributed by atoms with Gasteiger partial charge in [0.05, 0.1) is 5.52 Å². The topological polar surface area (TPSA) is 42.4 Å². The van der Waals surface area contributed by atoms with Gasteiger partial charge in [-0.25, -0.2) is 4.98 Å². The van der Waals surface area contributed by atoms with E-state index in [9.17, 15) is 5.11 Å². The molecule has 3 nitrogen and oxygen atoms in total. The van der Waals surface area contributed by atoms with Gasteiger partial charge in [0.2, 0.25) is 11.7 Å². The Morgan fingerprint density at radius 3 is 2.94 bits per heavy atom. The molecule has 1 aromatic heterocycles. The van der Waals surface area contributed by atoms with Crippen molar-refractivity contribution in [1.82, 2.24) is 4.98 Å². The fourth-order valence-corrected chi connectivity index (χ4v) is 2.25. The standard InChI is InChI=1S/C13H13NO2/c1-8-9-5-3-4-6-11(9)14-12-10(8)7-13(2,15)16-12/h3-6,15H,7H2,1-2H3. The van der Waals surface area contributed by atoms with E-state index in [2.05, 4.69) is 4.98 Å². The second-order valence-corrected chi connectivity index (χ2v) is 4.49. The first-order valence-corrected chi connectivity index (χ1v) is 5.36. The summed E-state index contributed by atoms with van der Waals surface area (Å²) in [7, 11) is 0. The lowest BCUT2D eigenvalue weighted by atomic mass is 10.0. The third-order valence-corrected chi connectivity index (χ3v) is 3.06. The van der Waals surface area contributed by atoms with E-state index in [1.165, 1.54) is 0 Å². The third-order valence-electron chi connectivity index (χ3n) is 3.06. The molecule has 0 aliphatic carbocycles. The zero-order valence-corrected chi connectivity index (χ0v) is 9.32. The molecule has 0 saturated carbocycles. The number of aliphatic hydroxyl groups is 1. The molecular formula is C13H13NO2. The Bertz CT molecular complexity index is 575. The number of fused-ring (bicyclic) bond motifs is 2. The molecule has 82 valence electrons. The van der Waals surface area contributed by atoms with Gasteiger partial charge >= 0.3 is 0 Å². The summed E-state index contributed by atoms with van der Waals surface area (Å²) in [5.41, 5.74) is 3.08. The van der Waals surface area contributed by atoms with E-state index in [-0.39, 0.29) is 0 Å². The summed E-state index contributed by atoms with van der Waals surface area (Å²) in [6.45, 7) is 3.71. The van der Waals surface area contributed by atoms with Crippen LogP contribution in [-0.4, -0.2) is 15.9 Å². The predicted octanol–water partition coefficient (Wildman–Crippen LogP) is 2.19. The van der Waals surface area contributed by atoms with Gasteiger partial charge < -0.3 is 9.84 Å². The highest BCUT2D eigenvalue weighted by Gasteiger charge is 2.35. The average Bonchev–Trinajstić information content (AvgIpc) is 2.53. The fraction of sp³-hybridized carbons (Fsp3) is 0.308. The Morgan fingerprint density at radius 2 is 2.12 bits per heavy atom. The van der Waals surface area contributed by atoms with E-state index in [1.807, 2.05) is 31.2 Å². The summed E-state index contributed by atoms with van der Waals surface area (Å²) in [6, 6.07) is 7.95. The molecule has 0 spiro atoms. The molecule has 1 atom stereocenters. The maximum Gasteiger partial charge on any atom is 0.220 e. The molecule has 0 radical (unpaired) electrons. The van der Waals surface area contributed by atoms with Gasteiger partial charge in [-0.15, -0.1) is 0 Å². The van der Waals surface area contributed by atoms with Crippen LogP contribution in [0.5, 0.6) is 5.88 Å². The van der Waals surface area contributed by atoms with Gasteiger partial charge in [-0.1, -0.05) is 18.2 Å². The van der Waals surface area contributed by atoms with Crippen LogP contribution in [0.2, 0.25) is 0 Å². The van der Waals surface area contributed by atoms with Crippen molar-refractivity contribution < 1.29 is 9.84 Å². The lowest BCUT2D eigenvalue weighted by molar-refractivity contribution is -0.105. The van der Waals surface area contributed by atoms with E-state index < -0.39 is 5.79 Å². The minimum Gasteiger partial charge on any atom is -0.445 e. The van der Waals surface area contributed by atoms with Crippen LogP contribution >= 0.6 is 0 Å². The van der Waals surface area contributed by atoms with Gasteiger partial charge in [-0.3, -0.25) is 0 Å². The maximum absolute atomic E-state index is 9.88. The van der Waals surface area contributed by atoms with E-state index in [1.54, 1.807) is 6.92 Å². The Morgan fingerprint density at radius 1 is 1.38 bits per heavy atom. The van der Waals surface area contributed by atoms with Crippen LogP contribution in [0.4, 0.5) is 0 Å². The normalized spacial score (nSPS) is 23.2. The molecule has 3 rings (SSSR count). The Labute approximate surface area is 93.7 Å². The van der Waals surface area contributed by atoms with E-state index >= 15 is 0 Å². The summed E-state index contributed by atoms with van der Waals surface area (Å²) in [5, 5.41) is 11.0. The van der Waals surface area contributed by atoms with Gasteiger partial charge in [0.25, 0.3) is 0 Å². The quantitative estimate of drug-likeness (QED) is 0.732. The molecule has 0 amide bonds. The number of benzene rings is 1. The largest absolute Gasteiger partial charge is 0.445 e. The number of hydrogen-bond donors (Lipinski definition) is 1. The summed E-state index contributed by atoms with van der Waals surface area (Å²) >= 11 is 0. The number of para-hydroxylation sites is 1. The van der Waals surface area contributed by atoms with Crippen LogP contribution < -0.4 is 4.74 Å². The lowest BCUT2D eigenvalue weighted by Crippen LogP contribution is -2.29. The van der Waals surface area contributed by atoms with Crippen molar-refractivity contribution >= 4 is 10.9 Å². The van der Waals surface area contributed by atoms with Crippen LogP contribution in [0.3, 0.4) is 0 Å². The molecule has 1 aromatic carbocycles. The molecule has 0 fully saturated rings. The number of aromatic nitrogens is 1. The number of pyridine rings is 1. The number of aryl methyl sites for hydroxylation is 1. The van der Waals surface area contributed by atoms with Crippen molar-refractivity contribution in [3.05, 3.63) is 35.4 Å². The zero-order chi connectivity index (χ0) is 11.3. The summed E-state index contributed by atoms with van der Waals surface area (Å²) in [5.74, 6) is -0.543. The number of hydrogen-bond acceptors (Lipinski definition) is 3. The van der Waals surface area contributed by atoms with Gasteiger partial charge in [-0.05, 0) is 18.6 Å². The smallest absolute Gasteiger partial charge is 0.220 e. The SMILES string of the molecule is Cc1c2c(nc3ccccc13)OC(C)(O)C2. The van der Waals surface area contributed by atoms with Crippen LogP contribution in [-0.2, 0) is 6.42 Å². The van der Waals surface area contributed by atoms with Gasteiger partial charge in [0.1, 0.15) is 0 Å². The minimum atomic E-state index is -1.11. The summed E-state index contributed by atoms with van der Waals surface area (Å²) in [6.07, 6.45) is 0.506. The summed E-state index contributed by atoms with van der Waals surface area (Å²) in [4.78, 5) is 4.43. The van der Waals surface area contributed by atoms with Crippen molar-refractivity contribution in [1.29, 1.82) is 0 Å². The average molecular weight is 215 g/mol. The van der Waals surface area contributed by atoms with Crippen LogP contribution in [0.15, 0.2) is 24.3 Å². The van der Waals surface area contributed by atoms with Crippen LogP contribution in [0.25, 0.3) is 10.9 Å². The molecule has 3 heteroatoms. The molecule has 0 bridgehead atoms. The Kier molecular flexibility index (Phi) is 1.77. The summed E-state index contributed by atoms with van der Waals surface area (Å²) < 4.78 is 5.43. The lowest BCUT2D eigenvalue weighted by Gasteiger charge is -2.14. The van der Waals surface area contributed by atoms with Gasteiger partial charge in [0.15, 0.2) is 0 Å². The molecule has 2 heterocycles. The molecule has 0 saturated heterocycles. The highest BCUT2D eigenvalue weighted by atomic mass is 16.6. The van der Waals surface area contributed by atoms with Crippen molar-refractivity contribution in [2.75, 3.05) is 0 Å². The van der Waals surface area contributed by atoms with Crippen molar-refractivity contribution in [3.8, 4) is 5.88 Å². The Balaban J connectivity index is 2.31. The highest BCUT2D eigenvalue weighted by Crippen LogP contribution is 2.36. The second kappa shape index (κ2) is 2.95. The van der Waals surface area contributed by atoms with Crippen molar-refractivity contribution in [3.63, 3.8) is 0 Å². The third kappa shape index (κ3) is 1.28. The first kappa shape index (κ1) is 9.60. The first-order chi connectivity index (χ1) is 7.57. The predicted molar refractivity (Wildman–Crippen MR) is 61.4 cm³/mol. The fourth-order valence-electron chi connectivity index (χ4n) is 2.25.